The van der Waals surface area contributed by atoms with Crippen molar-refractivity contribution < 1.29 is 26.8 Å². The van der Waals surface area contributed by atoms with Crippen molar-refractivity contribution in [3.63, 3.8) is 0 Å². The van der Waals surface area contributed by atoms with Crippen molar-refractivity contribution in [3.05, 3.63) is 107 Å². The van der Waals surface area contributed by atoms with Crippen LogP contribution in [0.1, 0.15) is 41.9 Å². The molecule has 1 aliphatic heterocycles. The highest BCUT2D eigenvalue weighted by molar-refractivity contribution is 6.16. The lowest BCUT2D eigenvalue weighted by Gasteiger charge is -2.14. The van der Waals surface area contributed by atoms with Crippen LogP contribution in [0.15, 0.2) is 88.7 Å². The summed E-state index contributed by atoms with van der Waals surface area (Å²) in [5.41, 5.74) is 0.0745. The Morgan fingerprint density at radius 1 is 0.841 bits per heavy atom. The summed E-state index contributed by atoms with van der Waals surface area (Å²) in [5, 5.41) is 10.8. The number of fused-ring (bicyclic) bond motifs is 1. The van der Waals surface area contributed by atoms with E-state index in [1.54, 1.807) is 0 Å². The van der Waals surface area contributed by atoms with E-state index >= 15 is 0 Å². The van der Waals surface area contributed by atoms with Crippen molar-refractivity contribution in [1.82, 2.24) is 25.1 Å². The number of carbonyl (C=O) groups excluding carboxylic acids is 1. The smallest absolute Gasteiger partial charge is 0.402 e. The molecule has 1 atom stereocenters. The molecular weight excluding hydrogens is 578 g/mol. The van der Waals surface area contributed by atoms with Crippen LogP contribution in [0.5, 0.6) is 0 Å². The minimum atomic E-state index is -4.70. The molecule has 1 N–H and O–H groups in total. The van der Waals surface area contributed by atoms with Crippen LogP contribution in [0, 0.1) is 0 Å². The molecule has 222 valence electrons. The second kappa shape index (κ2) is 11.1. The number of aliphatic imine (C=N–C) groups is 1. The van der Waals surface area contributed by atoms with Gasteiger partial charge in [0, 0.05) is 47.3 Å². The van der Waals surface area contributed by atoms with E-state index in [2.05, 4.69) is 30.5 Å². The molecule has 0 saturated heterocycles. The van der Waals surface area contributed by atoms with Gasteiger partial charge in [0.15, 0.2) is 23.4 Å². The fraction of sp³-hybridized carbons (Fsp3) is 0.194. The number of rotatable bonds is 6. The average molecular weight is 602 g/mol. The number of Topliss-reactive ketones (excluding diaryl/α,β-unsaturated/α-hetero) is 1. The summed E-state index contributed by atoms with van der Waals surface area (Å²) < 4.78 is 60.8. The molecule has 13 heteroatoms. The number of hydrogen-bond donors (Lipinski definition) is 1. The van der Waals surface area contributed by atoms with Crippen LogP contribution in [0.3, 0.4) is 0 Å². The van der Waals surface area contributed by atoms with Crippen LogP contribution in [-0.4, -0.2) is 42.8 Å². The van der Waals surface area contributed by atoms with Crippen LogP contribution in [0.25, 0.3) is 22.7 Å². The Kier molecular flexibility index (Phi) is 7.23. The van der Waals surface area contributed by atoms with Gasteiger partial charge in [0.25, 0.3) is 5.89 Å². The van der Waals surface area contributed by atoms with Gasteiger partial charge in [-0.15, -0.1) is 5.10 Å². The van der Waals surface area contributed by atoms with E-state index in [9.17, 15) is 22.4 Å². The Morgan fingerprint density at radius 2 is 1.55 bits per heavy atom. The van der Waals surface area contributed by atoms with Crippen molar-refractivity contribution >= 4 is 17.5 Å². The first kappa shape index (κ1) is 28.8. The fourth-order valence-electron chi connectivity index (χ4n) is 4.68. The maximum atomic E-state index is 14.3. The second-order valence-corrected chi connectivity index (χ2v) is 10.5. The first-order chi connectivity index (χ1) is 21.0. The summed E-state index contributed by atoms with van der Waals surface area (Å²) in [4.78, 5) is 29.9. The fourth-order valence-corrected chi connectivity index (χ4v) is 4.68. The molecule has 2 aromatic carbocycles. The summed E-state index contributed by atoms with van der Waals surface area (Å²) >= 11 is 0. The number of benzene rings is 2. The monoisotopic (exact) mass is 601 g/mol. The number of ketones is 1. The molecule has 0 spiro atoms. The van der Waals surface area contributed by atoms with Crippen LogP contribution >= 0.6 is 0 Å². The molecule has 9 nitrogen and oxygen atoms in total. The van der Waals surface area contributed by atoms with Gasteiger partial charge in [0.1, 0.15) is 5.69 Å². The molecule has 0 aliphatic carbocycles. The zero-order valence-corrected chi connectivity index (χ0v) is 23.3. The first-order valence-corrected chi connectivity index (χ1v) is 13.4. The number of anilines is 1. The Hall–Kier alpha value is -5.33. The molecule has 6 rings (SSSR count). The third-order valence-corrected chi connectivity index (χ3v) is 6.84. The van der Waals surface area contributed by atoms with Gasteiger partial charge in [0.2, 0.25) is 0 Å². The summed E-state index contributed by atoms with van der Waals surface area (Å²) in [5.74, 6) is -0.634. The average Bonchev–Trinajstić information content (AvgIpc) is 3.42. The van der Waals surface area contributed by atoms with Crippen LogP contribution in [0.2, 0.25) is 0 Å². The maximum absolute atomic E-state index is 14.3. The number of halogens is 4. The number of carbonyl (C=O) groups is 1. The lowest BCUT2D eigenvalue weighted by atomic mass is 9.96. The van der Waals surface area contributed by atoms with Gasteiger partial charge < -0.3 is 9.73 Å². The molecule has 4 heterocycles. The summed E-state index contributed by atoms with van der Waals surface area (Å²) in [7, 11) is 0. The highest BCUT2D eigenvalue weighted by atomic mass is 19.4. The quantitative estimate of drug-likeness (QED) is 0.228. The number of pyridine rings is 1. The van der Waals surface area contributed by atoms with E-state index in [0.29, 0.717) is 11.9 Å². The number of nitrogens with one attached hydrogen (secondary N) is 1. The SMILES string of the molecule is CC(C)(F)c1ncc(-c2cc(C(F)(F)F)cnc2-c2nnc(NC3N=C(c4ccccc4)c4ccccc4CC3=O)o2)cn1. The standard InChI is InChI=1S/C31H23F4N7O2/c1-30(2,32)28-37-14-19(15-38-28)22-13-20(31(33,34)35)16-36-25(22)27-41-42-29(44-27)40-26-23(43)12-18-10-6-7-11-21(18)24(39-26)17-8-4-3-5-9-17/h3-11,13-16,26H,12H2,1-2H3,(H,40,42). The molecule has 1 aliphatic rings. The van der Waals surface area contributed by atoms with E-state index in [1.807, 2.05) is 54.6 Å². The van der Waals surface area contributed by atoms with Crippen LogP contribution in [-0.2, 0) is 23.1 Å². The van der Waals surface area contributed by atoms with Crippen molar-refractivity contribution in [3.8, 4) is 22.7 Å². The van der Waals surface area contributed by atoms with Crippen molar-refractivity contribution in [2.75, 3.05) is 5.32 Å². The Labute approximate surface area is 248 Å². The molecule has 3 aromatic heterocycles. The Morgan fingerprint density at radius 3 is 2.25 bits per heavy atom. The van der Waals surface area contributed by atoms with Gasteiger partial charge >= 0.3 is 12.2 Å². The molecule has 1 unspecified atom stereocenters. The molecule has 0 saturated carbocycles. The highest BCUT2D eigenvalue weighted by Crippen LogP contribution is 2.36. The summed E-state index contributed by atoms with van der Waals surface area (Å²) in [6.45, 7) is 2.52. The summed E-state index contributed by atoms with van der Waals surface area (Å²) in [6, 6.07) is 17.5. The second-order valence-electron chi connectivity index (χ2n) is 10.5. The van der Waals surface area contributed by atoms with Gasteiger partial charge in [-0.2, -0.15) is 13.2 Å². The number of hydrogen-bond acceptors (Lipinski definition) is 9. The molecule has 44 heavy (non-hydrogen) atoms. The molecule has 0 radical (unpaired) electrons. The number of alkyl halides is 4. The first-order valence-electron chi connectivity index (χ1n) is 13.4. The van der Waals surface area contributed by atoms with E-state index in [1.165, 1.54) is 26.2 Å². The van der Waals surface area contributed by atoms with Gasteiger partial charge in [-0.25, -0.2) is 19.3 Å². The van der Waals surface area contributed by atoms with E-state index in [4.69, 9.17) is 9.41 Å². The van der Waals surface area contributed by atoms with Gasteiger partial charge in [-0.3, -0.25) is 9.79 Å². The lowest BCUT2D eigenvalue weighted by molar-refractivity contribution is -0.137. The molecule has 0 amide bonds. The Bertz CT molecular complexity index is 1860. The van der Waals surface area contributed by atoms with Crippen LogP contribution in [0.4, 0.5) is 23.6 Å². The maximum Gasteiger partial charge on any atom is 0.417 e. The van der Waals surface area contributed by atoms with Crippen LogP contribution < -0.4 is 5.32 Å². The minimum Gasteiger partial charge on any atom is -0.402 e. The largest absolute Gasteiger partial charge is 0.417 e. The van der Waals surface area contributed by atoms with E-state index in [0.717, 1.165) is 22.8 Å². The predicted octanol–water partition coefficient (Wildman–Crippen LogP) is 6.21. The van der Waals surface area contributed by atoms with Gasteiger partial charge in [-0.1, -0.05) is 59.7 Å². The third kappa shape index (κ3) is 5.80. The van der Waals surface area contributed by atoms with Gasteiger partial charge in [0.05, 0.1) is 11.3 Å². The van der Waals surface area contributed by atoms with Crippen molar-refractivity contribution in [2.24, 2.45) is 4.99 Å². The normalized spacial score (nSPS) is 15.4. The number of nitrogens with zero attached hydrogens (tertiary/aromatic N) is 6. The van der Waals surface area contributed by atoms with Crippen molar-refractivity contribution in [2.45, 2.75) is 38.3 Å². The topological polar surface area (TPSA) is 119 Å². The van der Waals surface area contributed by atoms with E-state index < -0.39 is 23.6 Å². The van der Waals surface area contributed by atoms with Gasteiger partial charge in [-0.05, 0) is 25.5 Å². The Balaban J connectivity index is 1.36. The summed E-state index contributed by atoms with van der Waals surface area (Å²) in [6.07, 6.45) is -2.68. The van der Waals surface area contributed by atoms with E-state index in [-0.39, 0.29) is 46.8 Å². The highest BCUT2D eigenvalue weighted by Gasteiger charge is 2.33. The molecule has 0 bridgehead atoms. The molecular formula is C31H23F4N7O2. The zero-order chi connectivity index (χ0) is 31.1. The minimum absolute atomic E-state index is 0.0661. The van der Waals surface area contributed by atoms with Crippen molar-refractivity contribution in [1.29, 1.82) is 0 Å². The lowest BCUT2D eigenvalue weighted by Crippen LogP contribution is -2.29. The number of aromatic nitrogens is 5. The zero-order valence-electron chi connectivity index (χ0n) is 23.3. The third-order valence-electron chi connectivity index (χ3n) is 6.84. The predicted molar refractivity (Wildman–Crippen MR) is 152 cm³/mol. The molecule has 5 aromatic rings. The molecule has 0 fully saturated rings.